The van der Waals surface area contributed by atoms with Gasteiger partial charge in [0, 0.05) is 22.1 Å². The number of amides is 1. The highest BCUT2D eigenvalue weighted by atomic mass is 79.9. The second-order valence-corrected chi connectivity index (χ2v) is 5.86. The van der Waals surface area contributed by atoms with E-state index in [0.717, 1.165) is 10.0 Å². The predicted molar refractivity (Wildman–Crippen MR) is 93.1 cm³/mol. The van der Waals surface area contributed by atoms with Crippen LogP contribution >= 0.6 is 15.9 Å². The quantitative estimate of drug-likeness (QED) is 0.734. The van der Waals surface area contributed by atoms with Gasteiger partial charge in [-0.15, -0.1) is 0 Å². The molecule has 0 aliphatic heterocycles. The van der Waals surface area contributed by atoms with Crippen molar-refractivity contribution in [3.05, 3.63) is 64.8 Å². The Morgan fingerprint density at radius 3 is 2.83 bits per heavy atom. The second kappa shape index (κ2) is 6.79. The molecule has 4 nitrogen and oxygen atoms in total. The number of nitrogens with zero attached hydrogens (tertiary/aromatic N) is 1. The van der Waals surface area contributed by atoms with Crippen molar-refractivity contribution in [2.45, 2.75) is 6.92 Å². The first-order valence-corrected chi connectivity index (χ1v) is 8.07. The highest BCUT2D eigenvalue weighted by Gasteiger charge is 2.16. The number of oxazole rings is 1. The van der Waals surface area contributed by atoms with Gasteiger partial charge in [0.1, 0.15) is 0 Å². The van der Waals surface area contributed by atoms with Crippen LogP contribution < -0.4 is 5.32 Å². The molecule has 0 fully saturated rings. The SMILES string of the molecule is CCNC(=O)c1ccccc1-c1ncc(-c2cccc(Br)c2)o1. The number of aromatic nitrogens is 1. The summed E-state index contributed by atoms with van der Waals surface area (Å²) in [6.45, 7) is 2.46. The number of carbonyl (C=O) groups excluding carboxylic acids is 1. The molecule has 1 heterocycles. The summed E-state index contributed by atoms with van der Waals surface area (Å²) in [6, 6.07) is 15.1. The van der Waals surface area contributed by atoms with Crippen molar-refractivity contribution in [3.8, 4) is 22.8 Å². The van der Waals surface area contributed by atoms with Crippen molar-refractivity contribution in [2.24, 2.45) is 0 Å². The van der Waals surface area contributed by atoms with Gasteiger partial charge < -0.3 is 9.73 Å². The monoisotopic (exact) mass is 370 g/mol. The summed E-state index contributed by atoms with van der Waals surface area (Å²) in [4.78, 5) is 16.5. The van der Waals surface area contributed by atoms with Crippen molar-refractivity contribution in [1.29, 1.82) is 0 Å². The van der Waals surface area contributed by atoms with Gasteiger partial charge in [-0.1, -0.05) is 40.2 Å². The molecule has 3 rings (SSSR count). The van der Waals surface area contributed by atoms with E-state index in [1.54, 1.807) is 12.3 Å². The topological polar surface area (TPSA) is 55.1 Å². The molecule has 0 aliphatic carbocycles. The molecule has 0 bridgehead atoms. The average Bonchev–Trinajstić information content (AvgIpc) is 3.05. The summed E-state index contributed by atoms with van der Waals surface area (Å²) >= 11 is 3.44. The van der Waals surface area contributed by atoms with Crippen molar-refractivity contribution in [3.63, 3.8) is 0 Å². The Morgan fingerprint density at radius 1 is 1.22 bits per heavy atom. The molecule has 0 spiro atoms. The Kier molecular flexibility index (Phi) is 4.57. The number of benzene rings is 2. The minimum Gasteiger partial charge on any atom is -0.436 e. The third-order valence-corrected chi connectivity index (χ3v) is 3.85. The van der Waals surface area contributed by atoms with Gasteiger partial charge >= 0.3 is 0 Å². The first-order chi connectivity index (χ1) is 11.2. The molecule has 116 valence electrons. The molecule has 1 amide bonds. The van der Waals surface area contributed by atoms with Gasteiger partial charge in [-0.2, -0.15) is 0 Å². The number of carbonyl (C=O) groups is 1. The van der Waals surface area contributed by atoms with E-state index in [2.05, 4.69) is 26.2 Å². The predicted octanol–water partition coefficient (Wildman–Crippen LogP) is 4.52. The lowest BCUT2D eigenvalue weighted by Crippen LogP contribution is -2.23. The van der Waals surface area contributed by atoms with E-state index in [1.165, 1.54) is 0 Å². The van der Waals surface area contributed by atoms with Crippen LogP contribution in [0.4, 0.5) is 0 Å². The van der Waals surface area contributed by atoms with Gasteiger partial charge in [-0.3, -0.25) is 4.79 Å². The van der Waals surface area contributed by atoms with Gasteiger partial charge in [0.2, 0.25) is 5.89 Å². The number of nitrogens with one attached hydrogen (secondary N) is 1. The third kappa shape index (κ3) is 3.35. The summed E-state index contributed by atoms with van der Waals surface area (Å²) in [5, 5.41) is 2.80. The highest BCUT2D eigenvalue weighted by Crippen LogP contribution is 2.29. The van der Waals surface area contributed by atoms with E-state index < -0.39 is 0 Å². The molecular formula is C18H15BrN2O2. The van der Waals surface area contributed by atoms with E-state index >= 15 is 0 Å². The Bertz CT molecular complexity index is 842. The maximum absolute atomic E-state index is 12.2. The summed E-state index contributed by atoms with van der Waals surface area (Å²) < 4.78 is 6.84. The molecule has 0 atom stereocenters. The molecule has 0 saturated carbocycles. The van der Waals surface area contributed by atoms with Crippen molar-refractivity contribution < 1.29 is 9.21 Å². The summed E-state index contributed by atoms with van der Waals surface area (Å²) in [5.41, 5.74) is 2.16. The average molecular weight is 371 g/mol. The zero-order valence-corrected chi connectivity index (χ0v) is 14.1. The lowest BCUT2D eigenvalue weighted by Gasteiger charge is -2.06. The van der Waals surface area contributed by atoms with E-state index in [0.29, 0.717) is 29.3 Å². The van der Waals surface area contributed by atoms with Crippen molar-refractivity contribution >= 4 is 21.8 Å². The third-order valence-electron chi connectivity index (χ3n) is 3.35. The van der Waals surface area contributed by atoms with E-state index in [-0.39, 0.29) is 5.91 Å². The van der Waals surface area contributed by atoms with Crippen LogP contribution in [0.25, 0.3) is 22.8 Å². The highest BCUT2D eigenvalue weighted by molar-refractivity contribution is 9.10. The Hall–Kier alpha value is -2.40. The summed E-state index contributed by atoms with van der Waals surface area (Å²) in [5.74, 6) is 0.958. The number of hydrogen-bond donors (Lipinski definition) is 1. The van der Waals surface area contributed by atoms with Crippen molar-refractivity contribution in [1.82, 2.24) is 10.3 Å². The van der Waals surface area contributed by atoms with Gasteiger partial charge in [0.25, 0.3) is 5.91 Å². The summed E-state index contributed by atoms with van der Waals surface area (Å²) in [7, 11) is 0. The molecule has 0 unspecified atom stereocenters. The van der Waals surface area contributed by atoms with E-state index in [4.69, 9.17) is 4.42 Å². The second-order valence-electron chi connectivity index (χ2n) is 4.95. The van der Waals surface area contributed by atoms with Crippen LogP contribution in [0.3, 0.4) is 0 Å². The van der Waals surface area contributed by atoms with Gasteiger partial charge in [-0.05, 0) is 31.2 Å². The summed E-state index contributed by atoms with van der Waals surface area (Å²) in [6.07, 6.45) is 1.67. The number of rotatable bonds is 4. The van der Waals surface area contributed by atoms with Crippen LogP contribution in [-0.4, -0.2) is 17.4 Å². The largest absolute Gasteiger partial charge is 0.436 e. The molecule has 5 heteroatoms. The zero-order chi connectivity index (χ0) is 16.2. The molecule has 0 saturated heterocycles. The lowest BCUT2D eigenvalue weighted by molar-refractivity contribution is 0.0956. The van der Waals surface area contributed by atoms with Gasteiger partial charge in [-0.25, -0.2) is 4.98 Å². The van der Waals surface area contributed by atoms with Crippen molar-refractivity contribution in [2.75, 3.05) is 6.54 Å². The van der Waals surface area contributed by atoms with Crippen LogP contribution in [-0.2, 0) is 0 Å². The fraction of sp³-hybridized carbons (Fsp3) is 0.111. The van der Waals surface area contributed by atoms with Gasteiger partial charge in [0.15, 0.2) is 5.76 Å². The number of halogens is 1. The Labute approximate surface area is 142 Å². The van der Waals surface area contributed by atoms with Crippen LogP contribution in [0.15, 0.2) is 63.6 Å². The smallest absolute Gasteiger partial charge is 0.252 e. The molecule has 1 N–H and O–H groups in total. The van der Waals surface area contributed by atoms with E-state index in [1.807, 2.05) is 49.4 Å². The normalized spacial score (nSPS) is 10.5. The van der Waals surface area contributed by atoms with Crippen LogP contribution in [0, 0.1) is 0 Å². The minimum atomic E-state index is -0.134. The molecule has 2 aromatic carbocycles. The van der Waals surface area contributed by atoms with Crippen LogP contribution in [0.2, 0.25) is 0 Å². The molecule has 23 heavy (non-hydrogen) atoms. The maximum atomic E-state index is 12.2. The molecular weight excluding hydrogens is 356 g/mol. The standard InChI is InChI=1S/C18H15BrN2O2/c1-2-20-17(22)14-8-3-4-9-15(14)18-21-11-16(23-18)12-6-5-7-13(19)10-12/h3-11H,2H2,1H3,(H,20,22). The zero-order valence-electron chi connectivity index (χ0n) is 12.5. The van der Waals surface area contributed by atoms with E-state index in [9.17, 15) is 4.79 Å². The fourth-order valence-electron chi connectivity index (χ4n) is 2.30. The van der Waals surface area contributed by atoms with Crippen LogP contribution in [0.1, 0.15) is 17.3 Å². The number of hydrogen-bond acceptors (Lipinski definition) is 3. The molecule has 1 aromatic heterocycles. The molecule has 0 aliphatic rings. The first kappa shape index (κ1) is 15.5. The maximum Gasteiger partial charge on any atom is 0.252 e. The Balaban J connectivity index is 2.00. The van der Waals surface area contributed by atoms with Crippen LogP contribution in [0.5, 0.6) is 0 Å². The molecule has 3 aromatic rings. The Morgan fingerprint density at radius 2 is 2.04 bits per heavy atom. The molecule has 0 radical (unpaired) electrons. The van der Waals surface area contributed by atoms with Gasteiger partial charge in [0.05, 0.1) is 11.8 Å². The minimum absolute atomic E-state index is 0.134. The fourth-order valence-corrected chi connectivity index (χ4v) is 2.70. The first-order valence-electron chi connectivity index (χ1n) is 7.28. The lowest BCUT2D eigenvalue weighted by atomic mass is 10.1.